The molecule has 0 atom stereocenters. The molecule has 0 aromatic heterocycles. The van der Waals surface area contributed by atoms with Crippen molar-refractivity contribution in [2.24, 2.45) is 5.41 Å². The summed E-state index contributed by atoms with van der Waals surface area (Å²) in [5.41, 5.74) is 0.272. The van der Waals surface area contributed by atoms with Crippen molar-refractivity contribution in [1.82, 2.24) is 10.6 Å². The maximum Gasteiger partial charge on any atom is 0.222 e. The van der Waals surface area contributed by atoms with Crippen molar-refractivity contribution in [3.63, 3.8) is 0 Å². The second kappa shape index (κ2) is 7.87. The quantitative estimate of drug-likeness (QED) is 0.764. The van der Waals surface area contributed by atoms with Gasteiger partial charge in [-0.3, -0.25) is 4.79 Å². The molecular weight excluding hydrogens is 228 g/mol. The van der Waals surface area contributed by atoms with E-state index >= 15 is 0 Å². The molecule has 0 saturated carbocycles. The van der Waals surface area contributed by atoms with Crippen LogP contribution < -0.4 is 10.6 Å². The van der Waals surface area contributed by atoms with Gasteiger partial charge in [0, 0.05) is 20.1 Å². The first-order chi connectivity index (χ1) is 7.16. The minimum absolute atomic E-state index is 0. The Labute approximate surface area is 104 Å². The number of piperidine rings is 1. The predicted octanol–water partition coefficient (Wildman–Crippen LogP) is 0.951. The molecule has 1 saturated heterocycles. The Morgan fingerprint density at radius 1 is 1.44 bits per heavy atom. The Bertz CT molecular complexity index is 206. The van der Waals surface area contributed by atoms with Crippen molar-refractivity contribution < 1.29 is 9.53 Å². The first-order valence-corrected chi connectivity index (χ1v) is 5.63. The summed E-state index contributed by atoms with van der Waals surface area (Å²) in [6, 6.07) is 0. The summed E-state index contributed by atoms with van der Waals surface area (Å²) in [4.78, 5) is 11.4. The Hall–Kier alpha value is -0.320. The molecule has 1 rings (SSSR count). The first kappa shape index (κ1) is 15.7. The van der Waals surface area contributed by atoms with Crippen LogP contribution in [0.15, 0.2) is 0 Å². The summed E-state index contributed by atoms with van der Waals surface area (Å²) in [7, 11) is 1.61. The van der Waals surface area contributed by atoms with E-state index in [0.29, 0.717) is 13.0 Å². The highest BCUT2D eigenvalue weighted by molar-refractivity contribution is 5.85. The first-order valence-electron chi connectivity index (χ1n) is 5.63. The lowest BCUT2D eigenvalue weighted by atomic mass is 9.81. The second-order valence-corrected chi connectivity index (χ2v) is 4.58. The van der Waals surface area contributed by atoms with Crippen LogP contribution in [-0.4, -0.2) is 39.3 Å². The topological polar surface area (TPSA) is 50.4 Å². The Kier molecular flexibility index (Phi) is 7.72. The zero-order valence-corrected chi connectivity index (χ0v) is 11.0. The van der Waals surface area contributed by atoms with E-state index in [1.54, 1.807) is 7.11 Å². The van der Waals surface area contributed by atoms with Crippen LogP contribution in [0.1, 0.15) is 26.2 Å². The van der Waals surface area contributed by atoms with Crippen molar-refractivity contribution >= 4 is 18.3 Å². The molecule has 0 spiro atoms. The second-order valence-electron chi connectivity index (χ2n) is 4.58. The lowest BCUT2D eigenvalue weighted by molar-refractivity contribution is -0.122. The minimum atomic E-state index is 0. The number of hydrogen-bond donors (Lipinski definition) is 2. The molecule has 16 heavy (non-hydrogen) atoms. The fraction of sp³-hybridized carbons (Fsp3) is 0.909. The molecule has 4 nitrogen and oxygen atoms in total. The highest BCUT2D eigenvalue weighted by Gasteiger charge is 2.26. The monoisotopic (exact) mass is 250 g/mol. The molecule has 0 bridgehead atoms. The molecule has 5 heteroatoms. The van der Waals surface area contributed by atoms with E-state index in [0.717, 1.165) is 32.5 Å². The van der Waals surface area contributed by atoms with Gasteiger partial charge in [0.05, 0.1) is 6.61 Å². The lowest BCUT2D eigenvalue weighted by Gasteiger charge is -2.34. The van der Waals surface area contributed by atoms with Gasteiger partial charge in [-0.2, -0.15) is 0 Å². The van der Waals surface area contributed by atoms with Crippen molar-refractivity contribution in [3.05, 3.63) is 0 Å². The summed E-state index contributed by atoms with van der Waals surface area (Å²) in [6.45, 7) is 5.65. The molecule has 0 aliphatic carbocycles. The molecule has 2 N–H and O–H groups in total. The van der Waals surface area contributed by atoms with Gasteiger partial charge in [0.15, 0.2) is 0 Å². The van der Waals surface area contributed by atoms with Gasteiger partial charge in [-0.1, -0.05) is 6.92 Å². The predicted molar refractivity (Wildman–Crippen MR) is 67.0 cm³/mol. The number of methoxy groups -OCH3 is 1. The molecule has 1 amide bonds. The number of amides is 1. The largest absolute Gasteiger partial charge is 0.384 e. The molecule has 0 aromatic carbocycles. The van der Waals surface area contributed by atoms with E-state index in [-0.39, 0.29) is 23.7 Å². The van der Waals surface area contributed by atoms with Gasteiger partial charge in [-0.05, 0) is 31.3 Å². The van der Waals surface area contributed by atoms with Gasteiger partial charge in [-0.25, -0.2) is 0 Å². The van der Waals surface area contributed by atoms with Crippen LogP contribution >= 0.6 is 12.4 Å². The zero-order chi connectivity index (χ0) is 11.1. The average molecular weight is 251 g/mol. The molecule has 1 aliphatic heterocycles. The minimum Gasteiger partial charge on any atom is -0.384 e. The summed E-state index contributed by atoms with van der Waals surface area (Å²) >= 11 is 0. The van der Waals surface area contributed by atoms with Gasteiger partial charge in [0.2, 0.25) is 5.91 Å². The number of carbonyl (C=O) groups excluding carboxylic acids is 1. The van der Waals surface area contributed by atoms with E-state index in [2.05, 4.69) is 17.6 Å². The number of nitrogens with one attached hydrogen (secondary N) is 2. The highest BCUT2D eigenvalue weighted by atomic mass is 35.5. The van der Waals surface area contributed by atoms with Crippen molar-refractivity contribution in [2.45, 2.75) is 26.2 Å². The molecular formula is C11H23ClN2O2. The molecule has 1 fully saturated rings. The number of carbonyl (C=O) groups is 1. The third kappa shape index (κ3) is 5.68. The normalized spacial score (nSPS) is 18.6. The van der Waals surface area contributed by atoms with E-state index in [4.69, 9.17) is 4.74 Å². The van der Waals surface area contributed by atoms with Crippen LogP contribution in [0, 0.1) is 5.41 Å². The molecule has 1 heterocycles. The third-order valence-corrected chi connectivity index (χ3v) is 3.06. The van der Waals surface area contributed by atoms with Crippen LogP contribution in [0.2, 0.25) is 0 Å². The van der Waals surface area contributed by atoms with Crippen molar-refractivity contribution in [2.75, 3.05) is 33.4 Å². The van der Waals surface area contributed by atoms with Crippen LogP contribution in [0.5, 0.6) is 0 Å². The van der Waals surface area contributed by atoms with Crippen LogP contribution in [0.25, 0.3) is 0 Å². The van der Waals surface area contributed by atoms with Gasteiger partial charge in [0.25, 0.3) is 0 Å². The van der Waals surface area contributed by atoms with Gasteiger partial charge in [-0.15, -0.1) is 12.4 Å². The van der Waals surface area contributed by atoms with E-state index < -0.39 is 0 Å². The average Bonchev–Trinajstić information content (AvgIpc) is 2.25. The summed E-state index contributed by atoms with van der Waals surface area (Å²) in [6.07, 6.45) is 2.74. The third-order valence-electron chi connectivity index (χ3n) is 3.06. The zero-order valence-electron chi connectivity index (χ0n) is 10.2. The number of hydrogen-bond acceptors (Lipinski definition) is 3. The Balaban J connectivity index is 0.00000225. The highest BCUT2D eigenvalue weighted by Crippen LogP contribution is 2.26. The van der Waals surface area contributed by atoms with E-state index in [1.165, 1.54) is 0 Å². The fourth-order valence-electron chi connectivity index (χ4n) is 1.80. The maximum atomic E-state index is 11.4. The Morgan fingerprint density at radius 2 is 2.06 bits per heavy atom. The van der Waals surface area contributed by atoms with E-state index in [9.17, 15) is 4.79 Å². The SMILES string of the molecule is COCCC(=O)NCC1(C)CCNCC1.Cl. The summed E-state index contributed by atoms with van der Waals surface area (Å²) < 4.78 is 4.86. The summed E-state index contributed by atoms with van der Waals surface area (Å²) in [5, 5.41) is 6.31. The van der Waals surface area contributed by atoms with Gasteiger partial charge in [0.1, 0.15) is 0 Å². The molecule has 0 aromatic rings. The number of halogens is 1. The fourth-order valence-corrected chi connectivity index (χ4v) is 1.80. The van der Waals surface area contributed by atoms with Gasteiger partial charge >= 0.3 is 0 Å². The Morgan fingerprint density at radius 3 is 2.62 bits per heavy atom. The van der Waals surface area contributed by atoms with Crippen LogP contribution in [0.3, 0.4) is 0 Å². The number of ether oxygens (including phenoxy) is 1. The smallest absolute Gasteiger partial charge is 0.222 e. The van der Waals surface area contributed by atoms with Crippen molar-refractivity contribution in [3.8, 4) is 0 Å². The molecule has 0 unspecified atom stereocenters. The molecule has 0 radical (unpaired) electrons. The number of rotatable bonds is 5. The van der Waals surface area contributed by atoms with Gasteiger partial charge < -0.3 is 15.4 Å². The molecule has 1 aliphatic rings. The maximum absolute atomic E-state index is 11.4. The lowest BCUT2D eigenvalue weighted by Crippen LogP contribution is -2.43. The standard InChI is InChI=1S/C11H22N2O2.ClH/c1-11(4-6-12-7-5-11)9-13-10(14)3-8-15-2;/h12H,3-9H2,1-2H3,(H,13,14);1H. The van der Waals surface area contributed by atoms with Crippen molar-refractivity contribution in [1.29, 1.82) is 0 Å². The van der Waals surface area contributed by atoms with Crippen LogP contribution in [-0.2, 0) is 9.53 Å². The summed E-state index contributed by atoms with van der Waals surface area (Å²) in [5.74, 6) is 0.0941. The molecule has 96 valence electrons. The van der Waals surface area contributed by atoms with E-state index in [1.807, 2.05) is 0 Å². The van der Waals surface area contributed by atoms with Crippen LogP contribution in [0.4, 0.5) is 0 Å².